The van der Waals surface area contributed by atoms with Gasteiger partial charge >= 0.3 is 0 Å². The Bertz CT molecular complexity index is 279. The maximum absolute atomic E-state index is 5.84. The molecule has 1 rings (SSSR count). The summed E-state index contributed by atoms with van der Waals surface area (Å²) in [5.41, 5.74) is 5.82. The lowest BCUT2D eigenvalue weighted by atomic mass is 9.88. The molecule has 1 heterocycles. The number of ether oxygens (including phenoxy) is 2. The maximum atomic E-state index is 5.84. The first-order chi connectivity index (χ1) is 8.43. The van der Waals surface area contributed by atoms with Crippen LogP contribution >= 0.6 is 0 Å². The first-order valence-electron chi connectivity index (χ1n) is 6.62. The summed E-state index contributed by atoms with van der Waals surface area (Å²) in [5.74, 6) is 1.07. The zero-order valence-electron chi connectivity index (χ0n) is 12.0. The minimum atomic E-state index is -0.0238. The van der Waals surface area contributed by atoms with Gasteiger partial charge < -0.3 is 20.5 Å². The van der Waals surface area contributed by atoms with Crippen LogP contribution in [0.15, 0.2) is 4.99 Å². The van der Waals surface area contributed by atoms with E-state index in [1.807, 2.05) is 6.92 Å². The summed E-state index contributed by atoms with van der Waals surface area (Å²) in [6.07, 6.45) is 2.10. The van der Waals surface area contributed by atoms with E-state index in [-0.39, 0.29) is 11.6 Å². The van der Waals surface area contributed by atoms with Gasteiger partial charge in [0, 0.05) is 26.3 Å². The van der Waals surface area contributed by atoms with Gasteiger partial charge in [0.25, 0.3) is 0 Å². The summed E-state index contributed by atoms with van der Waals surface area (Å²) < 4.78 is 10.7. The van der Waals surface area contributed by atoms with Gasteiger partial charge in [0.15, 0.2) is 5.96 Å². The molecular formula is C13H27N3O2. The van der Waals surface area contributed by atoms with E-state index < -0.39 is 0 Å². The van der Waals surface area contributed by atoms with Crippen molar-refractivity contribution < 1.29 is 9.47 Å². The van der Waals surface area contributed by atoms with E-state index in [4.69, 9.17) is 15.2 Å². The fourth-order valence-electron chi connectivity index (χ4n) is 2.33. The van der Waals surface area contributed by atoms with Crippen molar-refractivity contribution in [2.45, 2.75) is 45.3 Å². The molecule has 0 aromatic rings. The van der Waals surface area contributed by atoms with Crippen molar-refractivity contribution in [3.8, 4) is 0 Å². The molecule has 0 amide bonds. The summed E-state index contributed by atoms with van der Waals surface area (Å²) in [6.45, 7) is 8.49. The second-order valence-electron chi connectivity index (χ2n) is 5.69. The highest BCUT2D eigenvalue weighted by molar-refractivity contribution is 5.78. The number of aliphatic imine (C=N–C) groups is 1. The quantitative estimate of drug-likeness (QED) is 0.572. The topological polar surface area (TPSA) is 68.9 Å². The predicted octanol–water partition coefficient (Wildman–Crippen LogP) is 1.13. The van der Waals surface area contributed by atoms with Gasteiger partial charge in [0.2, 0.25) is 0 Å². The largest absolute Gasteiger partial charge is 0.383 e. The van der Waals surface area contributed by atoms with Crippen LogP contribution in [0.5, 0.6) is 0 Å². The predicted molar refractivity (Wildman–Crippen MR) is 73.7 cm³/mol. The molecule has 0 aliphatic carbocycles. The Kier molecular flexibility index (Phi) is 5.88. The highest BCUT2D eigenvalue weighted by Crippen LogP contribution is 2.28. The third kappa shape index (κ3) is 5.69. The van der Waals surface area contributed by atoms with Crippen molar-refractivity contribution in [1.82, 2.24) is 5.32 Å². The van der Waals surface area contributed by atoms with Gasteiger partial charge in [-0.2, -0.15) is 0 Å². The Morgan fingerprint density at radius 3 is 2.94 bits per heavy atom. The van der Waals surface area contributed by atoms with Crippen LogP contribution in [-0.2, 0) is 9.47 Å². The van der Waals surface area contributed by atoms with Crippen LogP contribution < -0.4 is 11.1 Å². The van der Waals surface area contributed by atoms with E-state index in [0.29, 0.717) is 18.5 Å². The van der Waals surface area contributed by atoms with E-state index in [0.717, 1.165) is 26.0 Å². The first-order valence-corrected chi connectivity index (χ1v) is 6.62. The molecule has 18 heavy (non-hydrogen) atoms. The zero-order valence-corrected chi connectivity index (χ0v) is 12.0. The molecule has 2 unspecified atom stereocenters. The minimum absolute atomic E-state index is 0.0238. The Hall–Kier alpha value is -0.810. The molecule has 106 valence electrons. The van der Waals surface area contributed by atoms with Crippen molar-refractivity contribution in [3.05, 3.63) is 0 Å². The second kappa shape index (κ2) is 6.95. The van der Waals surface area contributed by atoms with Crippen molar-refractivity contribution in [2.24, 2.45) is 16.6 Å². The molecule has 0 bridgehead atoms. The van der Waals surface area contributed by atoms with Crippen LogP contribution in [0.1, 0.15) is 33.6 Å². The molecule has 0 aromatic heterocycles. The maximum Gasteiger partial charge on any atom is 0.188 e. The van der Waals surface area contributed by atoms with Gasteiger partial charge in [-0.1, -0.05) is 0 Å². The van der Waals surface area contributed by atoms with E-state index in [1.54, 1.807) is 7.11 Å². The smallest absolute Gasteiger partial charge is 0.188 e. The van der Waals surface area contributed by atoms with Crippen LogP contribution in [0.2, 0.25) is 0 Å². The standard InChI is InChI=1S/C13H27N3O2/c1-10(9-17-4)16-12(14)15-8-11-5-6-18-13(2,3)7-11/h10-11H,5-9H2,1-4H3,(H3,14,15,16). The fourth-order valence-corrected chi connectivity index (χ4v) is 2.33. The number of nitrogens with zero attached hydrogens (tertiary/aromatic N) is 1. The van der Waals surface area contributed by atoms with Gasteiger partial charge in [-0.15, -0.1) is 0 Å². The molecule has 0 spiro atoms. The summed E-state index contributed by atoms with van der Waals surface area (Å²) >= 11 is 0. The zero-order chi connectivity index (χ0) is 13.6. The molecule has 1 fully saturated rings. The molecule has 0 saturated carbocycles. The van der Waals surface area contributed by atoms with Gasteiger partial charge in [0.05, 0.1) is 12.2 Å². The van der Waals surface area contributed by atoms with Gasteiger partial charge in [-0.05, 0) is 39.5 Å². The number of guanidine groups is 1. The number of hydrogen-bond acceptors (Lipinski definition) is 3. The summed E-state index contributed by atoms with van der Waals surface area (Å²) in [6, 6.07) is 0.185. The van der Waals surface area contributed by atoms with Gasteiger partial charge in [-0.25, -0.2) is 0 Å². The SMILES string of the molecule is COCC(C)NC(N)=NCC1CCOC(C)(C)C1. The highest BCUT2D eigenvalue weighted by Gasteiger charge is 2.28. The monoisotopic (exact) mass is 257 g/mol. The third-order valence-electron chi connectivity index (χ3n) is 3.13. The lowest BCUT2D eigenvalue weighted by Crippen LogP contribution is -2.41. The van der Waals surface area contributed by atoms with E-state index in [1.165, 1.54) is 0 Å². The Labute approximate surface area is 110 Å². The van der Waals surface area contributed by atoms with Gasteiger partial charge in [-0.3, -0.25) is 4.99 Å². The molecule has 3 N–H and O–H groups in total. The van der Waals surface area contributed by atoms with Crippen LogP contribution in [0, 0.1) is 5.92 Å². The number of hydrogen-bond donors (Lipinski definition) is 2. The van der Waals surface area contributed by atoms with Crippen molar-refractivity contribution in [2.75, 3.05) is 26.9 Å². The highest BCUT2D eigenvalue weighted by atomic mass is 16.5. The molecule has 0 aromatic carbocycles. The Morgan fingerprint density at radius 1 is 1.61 bits per heavy atom. The second-order valence-corrected chi connectivity index (χ2v) is 5.69. The Morgan fingerprint density at radius 2 is 2.33 bits per heavy atom. The summed E-state index contributed by atoms with van der Waals surface area (Å²) in [7, 11) is 1.68. The van der Waals surface area contributed by atoms with Crippen LogP contribution in [-0.4, -0.2) is 44.5 Å². The molecule has 0 radical (unpaired) electrons. The average Bonchev–Trinajstić information content (AvgIpc) is 2.25. The molecule has 2 atom stereocenters. The van der Waals surface area contributed by atoms with Crippen LogP contribution in [0.3, 0.4) is 0 Å². The number of nitrogens with one attached hydrogen (secondary N) is 1. The number of rotatable bonds is 5. The van der Waals surface area contributed by atoms with E-state index >= 15 is 0 Å². The minimum Gasteiger partial charge on any atom is -0.383 e. The molecule has 1 aliphatic rings. The van der Waals surface area contributed by atoms with Crippen LogP contribution in [0.4, 0.5) is 0 Å². The third-order valence-corrected chi connectivity index (χ3v) is 3.13. The van der Waals surface area contributed by atoms with E-state index in [9.17, 15) is 0 Å². The average molecular weight is 257 g/mol. The lowest BCUT2D eigenvalue weighted by molar-refractivity contribution is -0.0705. The lowest BCUT2D eigenvalue weighted by Gasteiger charge is -2.34. The number of nitrogens with two attached hydrogens (primary N) is 1. The normalized spacial score (nSPS) is 25.8. The molecular weight excluding hydrogens is 230 g/mol. The van der Waals surface area contributed by atoms with Crippen molar-refractivity contribution >= 4 is 5.96 Å². The Balaban J connectivity index is 2.33. The fraction of sp³-hybridized carbons (Fsp3) is 0.923. The van der Waals surface area contributed by atoms with E-state index in [2.05, 4.69) is 24.2 Å². The first kappa shape index (κ1) is 15.2. The number of methoxy groups -OCH3 is 1. The molecule has 5 heteroatoms. The molecule has 1 aliphatic heterocycles. The molecule has 5 nitrogen and oxygen atoms in total. The van der Waals surface area contributed by atoms with Gasteiger partial charge in [0.1, 0.15) is 0 Å². The van der Waals surface area contributed by atoms with Crippen molar-refractivity contribution in [3.63, 3.8) is 0 Å². The van der Waals surface area contributed by atoms with Crippen molar-refractivity contribution in [1.29, 1.82) is 0 Å². The summed E-state index contributed by atoms with van der Waals surface area (Å²) in [5, 5.41) is 3.11. The van der Waals surface area contributed by atoms with Crippen LogP contribution in [0.25, 0.3) is 0 Å². The summed E-state index contributed by atoms with van der Waals surface area (Å²) in [4.78, 5) is 4.41. The molecule has 1 saturated heterocycles.